The molecular weight excluding hydrogens is 108 g/mol. The average molecular weight is 117 g/mol. The summed E-state index contributed by atoms with van der Waals surface area (Å²) in [5.41, 5.74) is 1.47. The molecule has 1 rings (SSSR count). The summed E-state index contributed by atoms with van der Waals surface area (Å²) in [5.74, 6) is 0. The van der Waals surface area contributed by atoms with E-state index in [1.165, 1.54) is 12.0 Å². The van der Waals surface area contributed by atoms with Crippen molar-refractivity contribution in [3.63, 3.8) is 0 Å². The lowest BCUT2D eigenvalue weighted by molar-refractivity contribution is 1.25. The van der Waals surface area contributed by atoms with Crippen molar-refractivity contribution >= 4 is 12.4 Å². The number of rotatable bonds is 0. The van der Waals surface area contributed by atoms with E-state index in [1.807, 2.05) is 0 Å². The summed E-state index contributed by atoms with van der Waals surface area (Å²) in [6.07, 6.45) is 7.56. The molecule has 0 aromatic rings. The highest BCUT2D eigenvalue weighted by Crippen LogP contribution is 2.06. The highest BCUT2D eigenvalue weighted by atomic mass is 35.5. The summed E-state index contributed by atoms with van der Waals surface area (Å²) in [5, 5.41) is 0. The lowest BCUT2D eigenvalue weighted by Gasteiger charge is -1.78. The van der Waals surface area contributed by atoms with Gasteiger partial charge in [-0.3, -0.25) is 0 Å². The summed E-state index contributed by atoms with van der Waals surface area (Å²) in [6.45, 7) is 2.14. The van der Waals surface area contributed by atoms with Gasteiger partial charge in [0.2, 0.25) is 0 Å². The molecule has 1 heteroatoms. The van der Waals surface area contributed by atoms with Crippen molar-refractivity contribution in [1.82, 2.24) is 0 Å². The van der Waals surface area contributed by atoms with E-state index < -0.39 is 0 Å². The van der Waals surface area contributed by atoms with E-state index >= 15 is 0 Å². The number of hydrogen-bond acceptors (Lipinski definition) is 0. The molecule has 0 nitrogen and oxygen atoms in total. The van der Waals surface area contributed by atoms with Gasteiger partial charge in [-0.25, -0.2) is 0 Å². The van der Waals surface area contributed by atoms with Gasteiger partial charge in [0.1, 0.15) is 0 Å². The van der Waals surface area contributed by atoms with Crippen LogP contribution in [0.3, 0.4) is 0 Å². The lowest BCUT2D eigenvalue weighted by Crippen LogP contribution is -1.58. The van der Waals surface area contributed by atoms with Gasteiger partial charge < -0.3 is 0 Å². The van der Waals surface area contributed by atoms with Crippen LogP contribution in [-0.4, -0.2) is 0 Å². The SMILES string of the molecule is CC1=CC=CC1.Cl. The normalized spacial score (nSPS) is 15.9. The fourth-order valence-corrected chi connectivity index (χ4v) is 0.554. The van der Waals surface area contributed by atoms with Gasteiger partial charge in [0.05, 0.1) is 0 Å². The van der Waals surface area contributed by atoms with Crippen LogP contribution in [0.25, 0.3) is 0 Å². The highest BCUT2D eigenvalue weighted by Gasteiger charge is 1.86. The molecule has 7 heavy (non-hydrogen) atoms. The molecule has 0 fully saturated rings. The number of halogens is 1. The predicted octanol–water partition coefficient (Wildman–Crippen LogP) is 2.31. The Morgan fingerprint density at radius 1 is 1.57 bits per heavy atom. The molecule has 0 amide bonds. The topological polar surface area (TPSA) is 0 Å². The molecular formula is C6H9Cl. The van der Waals surface area contributed by atoms with Gasteiger partial charge in [0.15, 0.2) is 0 Å². The van der Waals surface area contributed by atoms with Crippen LogP contribution in [0, 0.1) is 0 Å². The molecule has 0 bridgehead atoms. The third-order valence-corrected chi connectivity index (χ3v) is 0.957. The smallest absolute Gasteiger partial charge is 0.0135 e. The van der Waals surface area contributed by atoms with Gasteiger partial charge in [-0.05, 0) is 13.3 Å². The van der Waals surface area contributed by atoms with Crippen LogP contribution in [0.5, 0.6) is 0 Å². The van der Waals surface area contributed by atoms with Crippen LogP contribution in [0.2, 0.25) is 0 Å². The molecule has 0 saturated heterocycles. The predicted molar refractivity (Wildman–Crippen MR) is 34.8 cm³/mol. The van der Waals surface area contributed by atoms with Gasteiger partial charge in [-0.15, -0.1) is 12.4 Å². The monoisotopic (exact) mass is 116 g/mol. The third kappa shape index (κ3) is 1.79. The average Bonchev–Trinajstić information content (AvgIpc) is 1.86. The van der Waals surface area contributed by atoms with Crippen molar-refractivity contribution in [2.24, 2.45) is 0 Å². The maximum atomic E-state index is 2.16. The quantitative estimate of drug-likeness (QED) is 0.456. The van der Waals surface area contributed by atoms with Crippen LogP contribution >= 0.6 is 12.4 Å². The van der Waals surface area contributed by atoms with Crippen molar-refractivity contribution in [3.8, 4) is 0 Å². The number of hydrogen-bond donors (Lipinski definition) is 0. The molecule has 1 aliphatic rings. The Morgan fingerprint density at radius 3 is 2.43 bits per heavy atom. The van der Waals surface area contributed by atoms with Crippen LogP contribution < -0.4 is 0 Å². The Bertz CT molecular complexity index is 101. The fraction of sp³-hybridized carbons (Fsp3) is 0.333. The van der Waals surface area contributed by atoms with Crippen molar-refractivity contribution in [2.75, 3.05) is 0 Å². The minimum atomic E-state index is 0. The lowest BCUT2D eigenvalue weighted by atomic mass is 10.3. The van der Waals surface area contributed by atoms with Crippen LogP contribution in [0.4, 0.5) is 0 Å². The summed E-state index contributed by atoms with van der Waals surface area (Å²) in [6, 6.07) is 0. The van der Waals surface area contributed by atoms with E-state index in [0.29, 0.717) is 0 Å². The molecule has 0 heterocycles. The van der Waals surface area contributed by atoms with Crippen LogP contribution in [0.15, 0.2) is 23.8 Å². The second-order valence-electron chi connectivity index (χ2n) is 1.65. The van der Waals surface area contributed by atoms with E-state index in [0.717, 1.165) is 0 Å². The highest BCUT2D eigenvalue weighted by molar-refractivity contribution is 5.85. The van der Waals surface area contributed by atoms with Crippen LogP contribution in [-0.2, 0) is 0 Å². The number of allylic oxidation sites excluding steroid dienone is 4. The van der Waals surface area contributed by atoms with Crippen LogP contribution in [0.1, 0.15) is 13.3 Å². The first-order valence-corrected chi connectivity index (χ1v) is 2.22. The molecule has 0 saturated carbocycles. The zero-order valence-corrected chi connectivity index (χ0v) is 5.16. The molecule has 0 spiro atoms. The van der Waals surface area contributed by atoms with Gasteiger partial charge >= 0.3 is 0 Å². The first-order chi connectivity index (χ1) is 2.89. The zero-order chi connectivity index (χ0) is 4.41. The van der Waals surface area contributed by atoms with E-state index in [4.69, 9.17) is 0 Å². The molecule has 0 aromatic heterocycles. The van der Waals surface area contributed by atoms with E-state index in [-0.39, 0.29) is 12.4 Å². The van der Waals surface area contributed by atoms with Crippen molar-refractivity contribution in [3.05, 3.63) is 23.8 Å². The van der Waals surface area contributed by atoms with E-state index in [2.05, 4.69) is 25.2 Å². The molecule has 0 unspecified atom stereocenters. The maximum absolute atomic E-state index is 2.16. The Hall–Kier alpha value is -0.230. The fourth-order valence-electron chi connectivity index (χ4n) is 0.554. The van der Waals surface area contributed by atoms with E-state index in [1.54, 1.807) is 0 Å². The van der Waals surface area contributed by atoms with Crippen molar-refractivity contribution in [1.29, 1.82) is 0 Å². The van der Waals surface area contributed by atoms with Gasteiger partial charge in [-0.1, -0.05) is 23.8 Å². The first kappa shape index (κ1) is 6.77. The van der Waals surface area contributed by atoms with Gasteiger partial charge in [0, 0.05) is 0 Å². The Morgan fingerprint density at radius 2 is 2.29 bits per heavy atom. The molecule has 1 aliphatic carbocycles. The Kier molecular flexibility index (Phi) is 2.77. The van der Waals surface area contributed by atoms with Gasteiger partial charge in [-0.2, -0.15) is 0 Å². The zero-order valence-electron chi connectivity index (χ0n) is 4.35. The second kappa shape index (κ2) is 2.86. The second-order valence-corrected chi connectivity index (χ2v) is 1.65. The van der Waals surface area contributed by atoms with Gasteiger partial charge in [0.25, 0.3) is 0 Å². The molecule has 40 valence electrons. The van der Waals surface area contributed by atoms with E-state index in [9.17, 15) is 0 Å². The minimum absolute atomic E-state index is 0. The molecule has 0 atom stereocenters. The van der Waals surface area contributed by atoms with Crippen molar-refractivity contribution < 1.29 is 0 Å². The summed E-state index contributed by atoms with van der Waals surface area (Å²) in [4.78, 5) is 0. The molecule has 0 aliphatic heterocycles. The first-order valence-electron chi connectivity index (χ1n) is 2.22. The third-order valence-electron chi connectivity index (χ3n) is 0.957. The maximum Gasteiger partial charge on any atom is -0.0135 e. The summed E-state index contributed by atoms with van der Waals surface area (Å²) in [7, 11) is 0. The molecule has 0 aromatic carbocycles. The Balaban J connectivity index is 0.000000360. The minimum Gasteiger partial charge on any atom is -0.147 e. The summed E-state index contributed by atoms with van der Waals surface area (Å²) < 4.78 is 0. The summed E-state index contributed by atoms with van der Waals surface area (Å²) >= 11 is 0. The molecule has 0 N–H and O–H groups in total. The Labute approximate surface area is 50.3 Å². The van der Waals surface area contributed by atoms with Crippen molar-refractivity contribution in [2.45, 2.75) is 13.3 Å². The largest absolute Gasteiger partial charge is 0.147 e. The standard InChI is InChI=1S/C6H8.ClH/c1-6-4-2-3-5-6;/h2-4H,5H2,1H3;1H. The molecule has 0 radical (unpaired) electrons.